The molecule has 1 aromatic rings. The molecule has 1 atom stereocenters. The summed E-state index contributed by atoms with van der Waals surface area (Å²) in [5.74, 6) is 0. The summed E-state index contributed by atoms with van der Waals surface area (Å²) >= 11 is 0. The summed E-state index contributed by atoms with van der Waals surface area (Å²) in [6, 6.07) is 4.25. The maximum Gasteiger partial charge on any atom is 0.0270 e. The highest BCUT2D eigenvalue weighted by molar-refractivity contribution is 5.11. The van der Waals surface area contributed by atoms with Gasteiger partial charge in [0, 0.05) is 18.4 Å². The van der Waals surface area contributed by atoms with Crippen molar-refractivity contribution in [1.82, 2.24) is 4.98 Å². The van der Waals surface area contributed by atoms with Gasteiger partial charge in [-0.3, -0.25) is 4.98 Å². The minimum atomic E-state index is 0.174. The highest BCUT2D eigenvalue weighted by atomic mass is 14.6. The Labute approximate surface area is 85.9 Å². The second kappa shape index (κ2) is 5.55. The van der Waals surface area contributed by atoms with E-state index < -0.39 is 0 Å². The third kappa shape index (κ3) is 4.19. The number of rotatable bonds is 4. The van der Waals surface area contributed by atoms with Gasteiger partial charge in [-0.15, -0.1) is 0 Å². The molecule has 0 bridgehead atoms. The minimum absolute atomic E-state index is 0.174. The number of hydrogen-bond donors (Lipinski definition) is 1. The van der Waals surface area contributed by atoms with Crippen molar-refractivity contribution >= 4 is 0 Å². The van der Waals surface area contributed by atoms with Gasteiger partial charge in [0.15, 0.2) is 0 Å². The van der Waals surface area contributed by atoms with Gasteiger partial charge >= 0.3 is 0 Å². The van der Waals surface area contributed by atoms with E-state index in [1.54, 1.807) is 0 Å². The summed E-state index contributed by atoms with van der Waals surface area (Å²) < 4.78 is 0. The van der Waals surface area contributed by atoms with Crippen molar-refractivity contribution in [2.75, 3.05) is 0 Å². The normalized spacial score (nSPS) is 12.2. The lowest BCUT2D eigenvalue weighted by molar-refractivity contribution is 0.716. The van der Waals surface area contributed by atoms with E-state index in [0.29, 0.717) is 0 Å². The molecule has 2 nitrogen and oxygen atoms in total. The first-order chi connectivity index (χ1) is 6.68. The molecule has 1 rings (SSSR count). The molecule has 0 amide bonds. The Morgan fingerprint density at radius 3 is 2.64 bits per heavy atom. The van der Waals surface area contributed by atoms with Crippen LogP contribution in [0.25, 0.3) is 0 Å². The van der Waals surface area contributed by atoms with Crippen molar-refractivity contribution < 1.29 is 0 Å². The average Bonchev–Trinajstić information content (AvgIpc) is 2.15. The van der Waals surface area contributed by atoms with Gasteiger partial charge in [-0.25, -0.2) is 0 Å². The van der Waals surface area contributed by atoms with Gasteiger partial charge < -0.3 is 5.73 Å². The van der Waals surface area contributed by atoms with Crippen LogP contribution >= 0.6 is 0 Å². The summed E-state index contributed by atoms with van der Waals surface area (Å²) in [5, 5.41) is 0. The Bertz CT molecular complexity index is 286. The lowest BCUT2D eigenvalue weighted by atomic mass is 10.1. The predicted molar refractivity (Wildman–Crippen MR) is 60.0 cm³/mol. The molecule has 1 unspecified atom stereocenters. The molecule has 2 heteroatoms. The highest BCUT2D eigenvalue weighted by Gasteiger charge is 1.99. The van der Waals surface area contributed by atoms with Crippen LogP contribution in [0.3, 0.4) is 0 Å². The molecule has 0 aliphatic rings. The van der Waals surface area contributed by atoms with Gasteiger partial charge in [-0.2, -0.15) is 0 Å². The van der Waals surface area contributed by atoms with E-state index in [0.717, 1.165) is 12.8 Å². The fraction of sp³-hybridized carbons (Fsp3) is 0.417. The molecular weight excluding hydrogens is 172 g/mol. The van der Waals surface area contributed by atoms with Crippen molar-refractivity contribution in [3.63, 3.8) is 0 Å². The van der Waals surface area contributed by atoms with Crippen LogP contribution in [-0.2, 0) is 6.42 Å². The summed E-state index contributed by atoms with van der Waals surface area (Å²) in [7, 11) is 0. The second-order valence-corrected chi connectivity index (χ2v) is 3.80. The van der Waals surface area contributed by atoms with E-state index >= 15 is 0 Å². The smallest absolute Gasteiger partial charge is 0.0270 e. The maximum absolute atomic E-state index is 5.93. The minimum Gasteiger partial charge on any atom is -0.324 e. The molecule has 76 valence electrons. The molecule has 1 heterocycles. The van der Waals surface area contributed by atoms with Crippen LogP contribution in [0, 0.1) is 0 Å². The first-order valence-corrected chi connectivity index (χ1v) is 4.98. The highest BCUT2D eigenvalue weighted by Crippen LogP contribution is 2.04. The van der Waals surface area contributed by atoms with Crippen molar-refractivity contribution in [1.29, 1.82) is 0 Å². The Kier molecular flexibility index (Phi) is 4.33. The maximum atomic E-state index is 5.93. The molecule has 0 fully saturated rings. The van der Waals surface area contributed by atoms with E-state index in [2.05, 4.69) is 24.9 Å². The molecule has 0 spiro atoms. The van der Waals surface area contributed by atoms with E-state index in [4.69, 9.17) is 5.73 Å². The molecule has 2 N–H and O–H groups in total. The van der Waals surface area contributed by atoms with Crippen LogP contribution < -0.4 is 5.73 Å². The van der Waals surface area contributed by atoms with E-state index in [1.807, 2.05) is 24.5 Å². The first kappa shape index (κ1) is 10.9. The van der Waals surface area contributed by atoms with Crippen LogP contribution in [0.1, 0.15) is 25.8 Å². The molecule has 0 saturated heterocycles. The second-order valence-electron chi connectivity index (χ2n) is 3.80. The number of pyridine rings is 1. The SMILES string of the molecule is CC(C)=CC(N)CCc1ccncc1. The number of aromatic nitrogens is 1. The van der Waals surface area contributed by atoms with E-state index in [-0.39, 0.29) is 6.04 Å². The van der Waals surface area contributed by atoms with Crippen LogP contribution in [0.2, 0.25) is 0 Å². The molecule has 0 aliphatic carbocycles. The summed E-state index contributed by atoms with van der Waals surface area (Å²) in [4.78, 5) is 3.98. The van der Waals surface area contributed by atoms with Crippen LogP contribution in [0.15, 0.2) is 36.2 Å². The van der Waals surface area contributed by atoms with Gasteiger partial charge in [0.2, 0.25) is 0 Å². The number of nitrogens with zero attached hydrogens (tertiary/aromatic N) is 1. The summed E-state index contributed by atoms with van der Waals surface area (Å²) in [5.41, 5.74) is 8.52. The van der Waals surface area contributed by atoms with Crippen LogP contribution in [0.4, 0.5) is 0 Å². The zero-order chi connectivity index (χ0) is 10.4. The Morgan fingerprint density at radius 2 is 2.07 bits per heavy atom. The first-order valence-electron chi connectivity index (χ1n) is 4.98. The zero-order valence-corrected chi connectivity index (χ0v) is 8.90. The van der Waals surface area contributed by atoms with Gasteiger partial charge in [0.25, 0.3) is 0 Å². The van der Waals surface area contributed by atoms with Crippen molar-refractivity contribution in [3.05, 3.63) is 41.7 Å². The van der Waals surface area contributed by atoms with Crippen molar-refractivity contribution in [2.24, 2.45) is 5.73 Å². The lowest BCUT2D eigenvalue weighted by Crippen LogP contribution is -2.17. The quantitative estimate of drug-likeness (QED) is 0.740. The number of aryl methyl sites for hydroxylation is 1. The number of hydrogen-bond acceptors (Lipinski definition) is 2. The van der Waals surface area contributed by atoms with Gasteiger partial charge in [0.1, 0.15) is 0 Å². The monoisotopic (exact) mass is 190 g/mol. The topological polar surface area (TPSA) is 38.9 Å². The Morgan fingerprint density at radius 1 is 1.43 bits per heavy atom. The largest absolute Gasteiger partial charge is 0.324 e. The number of nitrogens with two attached hydrogens (primary N) is 1. The van der Waals surface area contributed by atoms with Gasteiger partial charge in [0.05, 0.1) is 0 Å². The third-order valence-electron chi connectivity index (χ3n) is 2.06. The Balaban J connectivity index is 2.38. The van der Waals surface area contributed by atoms with Crippen LogP contribution in [-0.4, -0.2) is 11.0 Å². The molecule has 1 aromatic heterocycles. The van der Waals surface area contributed by atoms with E-state index in [9.17, 15) is 0 Å². The lowest BCUT2D eigenvalue weighted by Gasteiger charge is -2.06. The average molecular weight is 190 g/mol. The predicted octanol–water partition coefficient (Wildman–Crippen LogP) is 2.31. The zero-order valence-electron chi connectivity index (χ0n) is 8.90. The van der Waals surface area contributed by atoms with Crippen molar-refractivity contribution in [2.45, 2.75) is 32.7 Å². The standard InChI is InChI=1S/C12H18N2/c1-10(2)9-12(13)4-3-11-5-7-14-8-6-11/h5-9,12H,3-4,13H2,1-2H3. The molecule has 14 heavy (non-hydrogen) atoms. The molecule has 0 aromatic carbocycles. The fourth-order valence-corrected chi connectivity index (χ4v) is 1.39. The third-order valence-corrected chi connectivity index (χ3v) is 2.06. The van der Waals surface area contributed by atoms with Gasteiger partial charge in [-0.1, -0.05) is 11.6 Å². The molecule has 0 saturated carbocycles. The van der Waals surface area contributed by atoms with Gasteiger partial charge in [-0.05, 0) is 44.4 Å². The molecule has 0 radical (unpaired) electrons. The van der Waals surface area contributed by atoms with E-state index in [1.165, 1.54) is 11.1 Å². The molecule has 0 aliphatic heterocycles. The number of allylic oxidation sites excluding steroid dienone is 1. The van der Waals surface area contributed by atoms with Crippen molar-refractivity contribution in [3.8, 4) is 0 Å². The fourth-order valence-electron chi connectivity index (χ4n) is 1.39. The Hall–Kier alpha value is -1.15. The van der Waals surface area contributed by atoms with Crippen LogP contribution in [0.5, 0.6) is 0 Å². The summed E-state index contributed by atoms with van der Waals surface area (Å²) in [6.07, 6.45) is 7.77. The molecular formula is C12H18N2. The summed E-state index contributed by atoms with van der Waals surface area (Å²) in [6.45, 7) is 4.15.